The molecule has 0 heterocycles. The Morgan fingerprint density at radius 3 is 2.21 bits per heavy atom. The largest absolute Gasteiger partial charge is 1.00 e. The second kappa shape index (κ2) is 5.34. The van der Waals surface area contributed by atoms with Crippen LogP contribution in [0.1, 0.15) is 13.3 Å². The Balaban J connectivity index is 0. The molecule has 0 saturated heterocycles. The summed E-state index contributed by atoms with van der Waals surface area (Å²) < 4.78 is 5.01. The molecule has 0 aromatic carbocycles. The van der Waals surface area contributed by atoms with E-state index in [0.29, 0.717) is 6.42 Å². The van der Waals surface area contributed by atoms with E-state index in [2.05, 4.69) is 6.58 Å². The first-order valence-corrected chi connectivity index (χ1v) is 4.16. The van der Waals surface area contributed by atoms with E-state index in [4.69, 9.17) is 4.74 Å². The fraction of sp³-hybridized carbons (Fsp3) is 0.667. The lowest BCUT2D eigenvalue weighted by atomic mass is 10.3. The molecule has 0 aliphatic heterocycles. The molecule has 14 heavy (non-hydrogen) atoms. The number of hydrogen-bond acceptors (Lipinski definition) is 3. The molecule has 1 unspecified atom stereocenters. The van der Waals surface area contributed by atoms with E-state index >= 15 is 0 Å². The van der Waals surface area contributed by atoms with Gasteiger partial charge in [-0.3, -0.25) is 4.48 Å². The number of rotatable bonds is 4. The van der Waals surface area contributed by atoms with Crippen LogP contribution in [0, 0.1) is 0 Å². The zero-order chi connectivity index (χ0) is 10.7. The van der Waals surface area contributed by atoms with E-state index in [1.165, 1.54) is 0 Å². The summed E-state index contributed by atoms with van der Waals surface area (Å²) in [5.74, 6) is -2.09. The van der Waals surface area contributed by atoms with Crippen molar-refractivity contribution in [2.45, 2.75) is 19.3 Å². The molecule has 0 amide bonds. The van der Waals surface area contributed by atoms with Crippen molar-refractivity contribution < 1.29 is 31.5 Å². The zero-order valence-corrected chi connectivity index (χ0v) is 9.84. The Morgan fingerprint density at radius 2 is 2.00 bits per heavy atom. The van der Waals surface area contributed by atoms with Crippen molar-refractivity contribution in [1.82, 2.24) is 0 Å². The highest BCUT2D eigenvalue weighted by Crippen LogP contribution is 2.21. The number of quaternary nitrogens is 1. The number of aliphatic hydroxyl groups is 1. The van der Waals surface area contributed by atoms with Crippen LogP contribution in [0.15, 0.2) is 12.7 Å². The summed E-state index contributed by atoms with van der Waals surface area (Å²) in [6.45, 7) is 5.02. The smallest absolute Gasteiger partial charge is 0.360 e. The van der Waals surface area contributed by atoms with Gasteiger partial charge in [-0.05, 0) is 0 Å². The molecule has 5 heteroatoms. The lowest BCUT2D eigenvalue weighted by molar-refractivity contribution is -0.976. The number of esters is 1. The number of carbonyl (C=O) groups excluding carboxylic acids is 1. The van der Waals surface area contributed by atoms with Gasteiger partial charge in [0.15, 0.2) is 0 Å². The Bertz CT molecular complexity index is 213. The van der Waals surface area contributed by atoms with Crippen molar-refractivity contribution in [1.29, 1.82) is 0 Å². The van der Waals surface area contributed by atoms with Gasteiger partial charge in [-0.2, -0.15) is 0 Å². The van der Waals surface area contributed by atoms with E-state index in [9.17, 15) is 9.90 Å². The van der Waals surface area contributed by atoms with E-state index in [0.717, 1.165) is 6.08 Å². The molecule has 4 nitrogen and oxygen atoms in total. The van der Waals surface area contributed by atoms with Gasteiger partial charge in [0.2, 0.25) is 0 Å². The predicted molar refractivity (Wildman–Crippen MR) is 49.6 cm³/mol. The van der Waals surface area contributed by atoms with E-state index in [1.807, 2.05) is 0 Å². The van der Waals surface area contributed by atoms with E-state index in [-0.39, 0.29) is 16.9 Å². The van der Waals surface area contributed by atoms with Crippen molar-refractivity contribution in [3.8, 4) is 0 Å². The summed E-state index contributed by atoms with van der Waals surface area (Å²) in [5, 5.41) is 9.94. The van der Waals surface area contributed by atoms with Crippen LogP contribution >= 0.6 is 0 Å². The molecule has 1 N–H and O–H groups in total. The van der Waals surface area contributed by atoms with Crippen molar-refractivity contribution >= 4 is 5.97 Å². The average molecular weight is 224 g/mol. The summed E-state index contributed by atoms with van der Waals surface area (Å²) >= 11 is 0. The molecule has 0 aromatic heterocycles. The maximum atomic E-state index is 10.9. The standard InChI is InChI=1S/C9H18NO3.ClH/c1-6-8(11)13-9(12,7-2)10(3,4)5;/h6,12H,1,7H2,2-5H3;1H/q+1;/p-1. The monoisotopic (exact) mass is 223 g/mol. The second-order valence-corrected chi connectivity index (χ2v) is 3.73. The third-order valence-corrected chi connectivity index (χ3v) is 1.94. The summed E-state index contributed by atoms with van der Waals surface area (Å²) in [6.07, 6.45) is 1.37. The highest BCUT2D eigenvalue weighted by molar-refractivity contribution is 5.81. The normalized spacial score (nSPS) is 14.9. The molecule has 0 spiro atoms. The second-order valence-electron chi connectivity index (χ2n) is 3.73. The first-order valence-electron chi connectivity index (χ1n) is 4.16. The lowest BCUT2D eigenvalue weighted by Crippen LogP contribution is -3.00. The van der Waals surface area contributed by atoms with Crippen molar-refractivity contribution in [2.24, 2.45) is 0 Å². The van der Waals surface area contributed by atoms with Gasteiger partial charge in [0.05, 0.1) is 27.6 Å². The minimum atomic E-state index is -1.48. The van der Waals surface area contributed by atoms with Gasteiger partial charge in [0.1, 0.15) is 0 Å². The number of hydrogen-bond donors (Lipinski definition) is 1. The highest BCUT2D eigenvalue weighted by atomic mass is 35.5. The summed E-state index contributed by atoms with van der Waals surface area (Å²) in [5.41, 5.74) is 0. The van der Waals surface area contributed by atoms with E-state index < -0.39 is 11.9 Å². The van der Waals surface area contributed by atoms with Crippen LogP contribution in [0.5, 0.6) is 0 Å². The van der Waals surface area contributed by atoms with Crippen LogP contribution < -0.4 is 12.4 Å². The fourth-order valence-corrected chi connectivity index (χ4v) is 0.886. The van der Waals surface area contributed by atoms with Gasteiger partial charge in [-0.25, -0.2) is 4.79 Å². The van der Waals surface area contributed by atoms with Crippen LogP contribution in [0.25, 0.3) is 0 Å². The van der Waals surface area contributed by atoms with Gasteiger partial charge in [-0.1, -0.05) is 13.5 Å². The molecule has 84 valence electrons. The van der Waals surface area contributed by atoms with Crippen LogP contribution in [0.2, 0.25) is 0 Å². The molecule has 0 bridgehead atoms. The molecule has 0 aliphatic carbocycles. The topological polar surface area (TPSA) is 46.5 Å². The third kappa shape index (κ3) is 3.65. The summed E-state index contributed by atoms with van der Waals surface area (Å²) in [7, 11) is 5.25. The van der Waals surface area contributed by atoms with Gasteiger partial charge in [0, 0.05) is 6.08 Å². The molecule has 0 rings (SSSR count). The van der Waals surface area contributed by atoms with Gasteiger partial charge < -0.3 is 22.3 Å². The Hall–Kier alpha value is -0.580. The fourth-order valence-electron chi connectivity index (χ4n) is 0.886. The molecular formula is C9H18ClNO3. The molecule has 0 saturated carbocycles. The van der Waals surface area contributed by atoms with Crippen LogP contribution in [-0.4, -0.2) is 42.6 Å². The number of carbonyl (C=O) groups is 1. The minimum Gasteiger partial charge on any atom is -1.00 e. The highest BCUT2D eigenvalue weighted by Gasteiger charge is 2.43. The molecule has 0 aromatic rings. The third-order valence-electron chi connectivity index (χ3n) is 1.94. The average Bonchev–Trinajstić information content (AvgIpc) is 2.02. The quantitative estimate of drug-likeness (QED) is 0.248. The number of nitrogens with zero attached hydrogens (tertiary/aromatic N) is 1. The summed E-state index contributed by atoms with van der Waals surface area (Å²) in [6, 6.07) is 0. The Kier molecular flexibility index (Phi) is 6.05. The van der Waals surface area contributed by atoms with Crippen LogP contribution in [0.4, 0.5) is 0 Å². The maximum Gasteiger partial charge on any atom is 0.360 e. The Labute approximate surface area is 91.2 Å². The van der Waals surface area contributed by atoms with Gasteiger partial charge in [0.25, 0.3) is 0 Å². The van der Waals surface area contributed by atoms with E-state index in [1.54, 1.807) is 28.1 Å². The maximum absolute atomic E-state index is 10.9. The Morgan fingerprint density at radius 1 is 1.57 bits per heavy atom. The number of ether oxygens (including phenoxy) is 1. The van der Waals surface area contributed by atoms with Gasteiger partial charge >= 0.3 is 11.9 Å². The molecular weight excluding hydrogens is 206 g/mol. The molecule has 0 fully saturated rings. The van der Waals surface area contributed by atoms with Crippen molar-refractivity contribution in [3.63, 3.8) is 0 Å². The predicted octanol–water partition coefficient (Wildman–Crippen LogP) is -2.52. The molecule has 0 aliphatic rings. The van der Waals surface area contributed by atoms with Crippen LogP contribution in [0.3, 0.4) is 0 Å². The van der Waals surface area contributed by atoms with Crippen molar-refractivity contribution in [2.75, 3.05) is 21.1 Å². The molecule has 0 radical (unpaired) electrons. The first kappa shape index (κ1) is 15.9. The SMILES string of the molecule is C=CC(=O)OC(O)(CC)[N+](C)(C)C.[Cl-]. The first-order chi connectivity index (χ1) is 5.77. The summed E-state index contributed by atoms with van der Waals surface area (Å²) in [4.78, 5) is 10.9. The van der Waals surface area contributed by atoms with Gasteiger partial charge in [-0.15, -0.1) is 0 Å². The minimum absolute atomic E-state index is 0. The molecule has 1 atom stereocenters. The lowest BCUT2D eigenvalue weighted by Gasteiger charge is -2.39. The zero-order valence-electron chi connectivity index (χ0n) is 9.08. The number of halogens is 1. The van der Waals surface area contributed by atoms with Crippen LogP contribution in [-0.2, 0) is 9.53 Å². The van der Waals surface area contributed by atoms with Crippen molar-refractivity contribution in [3.05, 3.63) is 12.7 Å².